The van der Waals surface area contributed by atoms with Crippen LogP contribution in [0.4, 0.5) is 5.69 Å². The Morgan fingerprint density at radius 2 is 1.55 bits per heavy atom. The second kappa shape index (κ2) is 10.5. The molecule has 7 rings (SSSR count). The molecule has 1 spiro atoms. The monoisotopic (exact) mass is 581 g/mol. The van der Waals surface area contributed by atoms with E-state index >= 15 is 0 Å². The number of ketones is 2. The van der Waals surface area contributed by atoms with Crippen molar-refractivity contribution in [3.8, 4) is 17.6 Å². The molecule has 8 nitrogen and oxygen atoms in total. The molecule has 44 heavy (non-hydrogen) atoms. The van der Waals surface area contributed by atoms with E-state index in [1.807, 2.05) is 71.8 Å². The van der Waals surface area contributed by atoms with E-state index < -0.39 is 23.4 Å². The van der Waals surface area contributed by atoms with Crippen molar-refractivity contribution in [2.45, 2.75) is 17.5 Å². The smallest absolute Gasteiger partial charge is 0.238 e. The SMILES string of the molecule is COc1ccc(C(=O)[C@@H]2[C@H](C(=O)c3ccc(OCC#N)cc3)[C@@]3(C(=O)Nc4ccccc43)[C@H]3c4ccccc4C=CN23)cc1. The van der Waals surface area contributed by atoms with Crippen molar-refractivity contribution in [1.29, 1.82) is 5.26 Å². The number of hydrogen-bond donors (Lipinski definition) is 1. The molecule has 1 amide bonds. The van der Waals surface area contributed by atoms with E-state index in [-0.39, 0.29) is 24.1 Å². The van der Waals surface area contributed by atoms with Crippen LogP contribution in [-0.4, -0.2) is 42.1 Å². The van der Waals surface area contributed by atoms with Crippen molar-refractivity contribution < 1.29 is 23.9 Å². The molecule has 4 atom stereocenters. The van der Waals surface area contributed by atoms with E-state index in [4.69, 9.17) is 14.7 Å². The summed E-state index contributed by atoms with van der Waals surface area (Å²) < 4.78 is 10.7. The Morgan fingerprint density at radius 3 is 2.27 bits per heavy atom. The summed E-state index contributed by atoms with van der Waals surface area (Å²) in [6, 6.07) is 28.8. The molecule has 1 N–H and O–H groups in total. The number of nitriles is 1. The number of methoxy groups -OCH3 is 1. The molecule has 0 saturated carbocycles. The number of hydrogen-bond acceptors (Lipinski definition) is 7. The van der Waals surface area contributed by atoms with E-state index in [0.29, 0.717) is 33.9 Å². The Morgan fingerprint density at radius 1 is 0.886 bits per heavy atom. The van der Waals surface area contributed by atoms with Crippen molar-refractivity contribution >= 4 is 29.2 Å². The highest BCUT2D eigenvalue weighted by Gasteiger charge is 2.70. The molecule has 216 valence electrons. The fourth-order valence-corrected chi connectivity index (χ4v) is 7.10. The Hall–Kier alpha value is -5.68. The number of para-hydroxylation sites is 1. The fourth-order valence-electron chi connectivity index (χ4n) is 7.10. The van der Waals surface area contributed by atoms with Crippen LogP contribution < -0.4 is 14.8 Å². The van der Waals surface area contributed by atoms with Gasteiger partial charge in [0.15, 0.2) is 18.2 Å². The number of ether oxygens (including phenoxy) is 2. The quantitative estimate of drug-likeness (QED) is 0.284. The number of benzene rings is 4. The molecule has 0 radical (unpaired) electrons. The highest BCUT2D eigenvalue weighted by molar-refractivity contribution is 6.16. The van der Waals surface area contributed by atoms with Gasteiger partial charge in [-0.05, 0) is 77.4 Å². The highest BCUT2D eigenvalue weighted by Crippen LogP contribution is 2.62. The van der Waals surface area contributed by atoms with Crippen LogP contribution in [0.15, 0.2) is 103 Å². The third kappa shape index (κ3) is 3.93. The summed E-state index contributed by atoms with van der Waals surface area (Å²) in [5, 5.41) is 12.0. The summed E-state index contributed by atoms with van der Waals surface area (Å²) in [4.78, 5) is 46.0. The first kappa shape index (κ1) is 27.2. The number of nitrogens with one attached hydrogen (secondary N) is 1. The molecule has 3 aliphatic heterocycles. The topological polar surface area (TPSA) is 109 Å². The normalized spacial score (nSPS) is 22.4. The van der Waals surface area contributed by atoms with Gasteiger partial charge in [-0.2, -0.15) is 5.26 Å². The van der Waals surface area contributed by atoms with Gasteiger partial charge in [0.25, 0.3) is 0 Å². The summed E-state index contributed by atoms with van der Waals surface area (Å²) in [6.07, 6.45) is 3.78. The number of rotatable bonds is 7. The van der Waals surface area contributed by atoms with Gasteiger partial charge in [0.1, 0.15) is 29.0 Å². The van der Waals surface area contributed by atoms with Crippen LogP contribution in [-0.2, 0) is 10.2 Å². The van der Waals surface area contributed by atoms with E-state index in [1.54, 1.807) is 55.6 Å². The molecular weight excluding hydrogens is 554 g/mol. The molecule has 3 aliphatic rings. The Bertz CT molecular complexity index is 1880. The maximum atomic E-state index is 14.9. The van der Waals surface area contributed by atoms with Gasteiger partial charge < -0.3 is 19.7 Å². The van der Waals surface area contributed by atoms with Crippen LogP contribution in [0.5, 0.6) is 11.5 Å². The largest absolute Gasteiger partial charge is 0.497 e. The van der Waals surface area contributed by atoms with Gasteiger partial charge in [-0.15, -0.1) is 0 Å². The van der Waals surface area contributed by atoms with Crippen LogP contribution in [0.1, 0.15) is 43.4 Å². The van der Waals surface area contributed by atoms with Crippen LogP contribution in [0.25, 0.3) is 6.08 Å². The zero-order valence-corrected chi connectivity index (χ0v) is 23.8. The summed E-state index contributed by atoms with van der Waals surface area (Å²) in [7, 11) is 1.56. The lowest BCUT2D eigenvalue weighted by Gasteiger charge is -2.38. The first-order valence-corrected chi connectivity index (χ1v) is 14.3. The number of fused-ring (bicyclic) bond motifs is 6. The van der Waals surface area contributed by atoms with Gasteiger partial charge in [-0.3, -0.25) is 14.4 Å². The Labute approximate surface area is 254 Å². The van der Waals surface area contributed by atoms with Crippen molar-refractivity contribution in [3.63, 3.8) is 0 Å². The van der Waals surface area contributed by atoms with Crippen molar-refractivity contribution in [3.05, 3.63) is 131 Å². The van der Waals surface area contributed by atoms with Gasteiger partial charge in [-0.1, -0.05) is 42.5 Å². The number of nitrogens with zero attached hydrogens (tertiary/aromatic N) is 2. The maximum absolute atomic E-state index is 14.9. The molecule has 0 unspecified atom stereocenters. The van der Waals surface area contributed by atoms with Gasteiger partial charge in [0.05, 0.1) is 19.1 Å². The molecule has 0 bridgehead atoms. The number of carbonyl (C=O) groups is 3. The average Bonchev–Trinajstić information content (AvgIpc) is 3.55. The van der Waals surface area contributed by atoms with Gasteiger partial charge in [-0.25, -0.2) is 0 Å². The summed E-state index contributed by atoms with van der Waals surface area (Å²) in [5.74, 6) is -0.986. The Balaban J connectivity index is 1.46. The molecule has 3 heterocycles. The summed E-state index contributed by atoms with van der Waals surface area (Å²) >= 11 is 0. The third-order valence-corrected chi connectivity index (χ3v) is 8.94. The first-order valence-electron chi connectivity index (χ1n) is 14.3. The lowest BCUT2D eigenvalue weighted by Crippen LogP contribution is -2.49. The number of Topliss-reactive ketones (excluding diaryl/α,β-unsaturated/α-hetero) is 2. The lowest BCUT2D eigenvalue weighted by atomic mass is 9.62. The molecule has 0 aromatic heterocycles. The molecule has 1 saturated heterocycles. The third-order valence-electron chi connectivity index (χ3n) is 8.94. The van der Waals surface area contributed by atoms with E-state index in [0.717, 1.165) is 11.1 Å². The molecule has 8 heteroatoms. The van der Waals surface area contributed by atoms with Gasteiger partial charge in [0, 0.05) is 23.0 Å². The second-order valence-electron chi connectivity index (χ2n) is 11.0. The predicted octanol–water partition coefficient (Wildman–Crippen LogP) is 5.58. The maximum Gasteiger partial charge on any atom is 0.238 e. The standard InChI is InChI=1S/C36H27N3O5/c1-43-25-14-10-24(11-15-25)33(41)31-30(32(40)23-12-16-26(17-13-23)44-21-19-37)36(28-8-4-5-9-29(28)38-35(36)42)34-27-7-3-2-6-22(27)18-20-39(31)34/h2-18,20,30-31,34H,21H2,1H3,(H,38,42)/t30-,31+,34-,36-/m1/s1. The van der Waals surface area contributed by atoms with E-state index in [1.165, 1.54) is 0 Å². The van der Waals surface area contributed by atoms with Crippen molar-refractivity contribution in [2.24, 2.45) is 5.92 Å². The van der Waals surface area contributed by atoms with Crippen LogP contribution in [0.2, 0.25) is 0 Å². The molecule has 0 aliphatic carbocycles. The second-order valence-corrected chi connectivity index (χ2v) is 11.0. The number of amides is 1. The zero-order valence-electron chi connectivity index (χ0n) is 23.8. The molecule has 4 aromatic carbocycles. The van der Waals surface area contributed by atoms with Crippen molar-refractivity contribution in [1.82, 2.24) is 4.90 Å². The first-order chi connectivity index (χ1) is 21.5. The predicted molar refractivity (Wildman–Crippen MR) is 163 cm³/mol. The van der Waals surface area contributed by atoms with Crippen LogP contribution >= 0.6 is 0 Å². The number of anilines is 1. The van der Waals surface area contributed by atoms with E-state index in [9.17, 15) is 14.4 Å². The van der Waals surface area contributed by atoms with E-state index in [2.05, 4.69) is 5.32 Å². The van der Waals surface area contributed by atoms with Crippen LogP contribution in [0, 0.1) is 17.2 Å². The van der Waals surface area contributed by atoms with Crippen LogP contribution in [0.3, 0.4) is 0 Å². The Kier molecular flexibility index (Phi) is 6.51. The zero-order chi connectivity index (χ0) is 30.4. The fraction of sp³-hybridized carbons (Fsp3) is 0.167. The molecule has 4 aromatic rings. The summed E-state index contributed by atoms with van der Waals surface area (Å²) in [5.41, 5.74) is 2.42. The lowest BCUT2D eigenvalue weighted by molar-refractivity contribution is -0.122. The minimum absolute atomic E-state index is 0.128. The minimum atomic E-state index is -1.42. The van der Waals surface area contributed by atoms with Gasteiger partial charge in [0.2, 0.25) is 5.91 Å². The minimum Gasteiger partial charge on any atom is -0.497 e. The highest BCUT2D eigenvalue weighted by atomic mass is 16.5. The average molecular weight is 582 g/mol. The van der Waals surface area contributed by atoms with Gasteiger partial charge >= 0.3 is 0 Å². The summed E-state index contributed by atoms with van der Waals surface area (Å²) in [6.45, 7) is -0.128. The number of carbonyl (C=O) groups excluding carboxylic acids is 3. The van der Waals surface area contributed by atoms with Crippen molar-refractivity contribution in [2.75, 3.05) is 19.0 Å². The molecule has 1 fully saturated rings. The molecular formula is C36H27N3O5.